The van der Waals surface area contributed by atoms with Gasteiger partial charge in [-0.1, -0.05) is 13.3 Å². The summed E-state index contributed by atoms with van der Waals surface area (Å²) in [5.41, 5.74) is 1.60. The van der Waals surface area contributed by atoms with E-state index in [0.29, 0.717) is 5.69 Å². The number of unbranched alkanes of at least 4 members (excludes halogenated alkanes) is 1. The van der Waals surface area contributed by atoms with E-state index in [1.165, 1.54) is 13.2 Å². The third kappa shape index (κ3) is 3.29. The average Bonchev–Trinajstić information content (AvgIpc) is 2.76. The van der Waals surface area contributed by atoms with Crippen LogP contribution >= 0.6 is 0 Å². The normalized spacial score (nSPS) is 10.6. The van der Waals surface area contributed by atoms with Crippen LogP contribution in [0, 0.1) is 12.7 Å². The minimum atomic E-state index is -0.388. The monoisotopic (exact) mass is 277 g/mol. The molecule has 1 aromatic heterocycles. The molecule has 2 aromatic rings. The molecule has 0 fully saturated rings. The molecule has 0 spiro atoms. The summed E-state index contributed by atoms with van der Waals surface area (Å²) < 4.78 is 20.6. The lowest BCUT2D eigenvalue weighted by Gasteiger charge is -2.10. The second kappa shape index (κ2) is 6.41. The van der Waals surface area contributed by atoms with Crippen LogP contribution in [-0.2, 0) is 6.54 Å². The molecule has 0 aliphatic heterocycles. The molecule has 0 aliphatic rings. The Balaban J connectivity index is 2.18. The lowest BCUT2D eigenvalue weighted by Crippen LogP contribution is -2.03. The number of hydrogen-bond donors (Lipinski definition) is 1. The topological polar surface area (TPSA) is 39.1 Å². The molecule has 1 heterocycles. The van der Waals surface area contributed by atoms with Crippen LogP contribution in [0.5, 0.6) is 5.75 Å². The SMILES string of the molecule is CCCCn1cc(C)nc1Nc1ccc(OC)c(F)c1. The molecular weight excluding hydrogens is 257 g/mol. The summed E-state index contributed by atoms with van der Waals surface area (Å²) in [7, 11) is 1.45. The Morgan fingerprint density at radius 2 is 2.20 bits per heavy atom. The number of methoxy groups -OCH3 is 1. The van der Waals surface area contributed by atoms with Crippen LogP contribution in [0.1, 0.15) is 25.5 Å². The van der Waals surface area contributed by atoms with Crippen molar-refractivity contribution in [3.63, 3.8) is 0 Å². The van der Waals surface area contributed by atoms with Crippen LogP contribution in [0.25, 0.3) is 0 Å². The average molecular weight is 277 g/mol. The maximum Gasteiger partial charge on any atom is 0.207 e. The number of rotatable bonds is 6. The first-order valence-corrected chi connectivity index (χ1v) is 6.78. The first-order valence-electron chi connectivity index (χ1n) is 6.78. The van der Waals surface area contributed by atoms with E-state index in [4.69, 9.17) is 4.74 Å². The number of aromatic nitrogens is 2. The molecule has 0 amide bonds. The Bertz CT molecular complexity index is 580. The summed E-state index contributed by atoms with van der Waals surface area (Å²) in [5.74, 6) is 0.586. The van der Waals surface area contributed by atoms with Crippen LogP contribution in [-0.4, -0.2) is 16.7 Å². The van der Waals surface area contributed by atoms with E-state index >= 15 is 0 Å². The minimum absolute atomic E-state index is 0.237. The predicted molar refractivity (Wildman–Crippen MR) is 78.1 cm³/mol. The molecule has 1 N–H and O–H groups in total. The van der Waals surface area contributed by atoms with Gasteiger partial charge in [0.25, 0.3) is 0 Å². The van der Waals surface area contributed by atoms with E-state index in [-0.39, 0.29) is 11.6 Å². The molecule has 0 saturated heterocycles. The van der Waals surface area contributed by atoms with Crippen molar-refractivity contribution >= 4 is 11.6 Å². The highest BCUT2D eigenvalue weighted by molar-refractivity contribution is 5.55. The molecule has 4 nitrogen and oxygen atoms in total. The van der Waals surface area contributed by atoms with Gasteiger partial charge in [-0.05, 0) is 25.5 Å². The van der Waals surface area contributed by atoms with E-state index in [2.05, 4.69) is 21.8 Å². The van der Waals surface area contributed by atoms with Gasteiger partial charge >= 0.3 is 0 Å². The van der Waals surface area contributed by atoms with Crippen molar-refractivity contribution in [2.45, 2.75) is 33.2 Å². The Labute approximate surface area is 118 Å². The van der Waals surface area contributed by atoms with Gasteiger partial charge in [0.2, 0.25) is 5.95 Å². The molecule has 108 valence electrons. The zero-order valence-electron chi connectivity index (χ0n) is 12.1. The number of imidazole rings is 1. The van der Waals surface area contributed by atoms with Gasteiger partial charge in [0, 0.05) is 24.5 Å². The molecule has 1 aromatic carbocycles. The highest BCUT2D eigenvalue weighted by Gasteiger charge is 2.08. The van der Waals surface area contributed by atoms with Crippen LogP contribution in [0.4, 0.5) is 16.0 Å². The number of halogens is 1. The maximum absolute atomic E-state index is 13.7. The Morgan fingerprint density at radius 3 is 2.85 bits per heavy atom. The summed E-state index contributed by atoms with van der Waals surface area (Å²) >= 11 is 0. The molecule has 20 heavy (non-hydrogen) atoms. The standard InChI is InChI=1S/C15H20FN3O/c1-4-5-8-19-10-11(2)17-15(19)18-12-6-7-14(20-3)13(16)9-12/h6-7,9-10H,4-5,8H2,1-3H3,(H,17,18). The summed E-state index contributed by atoms with van der Waals surface area (Å²) in [4.78, 5) is 4.43. The fourth-order valence-corrected chi connectivity index (χ4v) is 2.02. The predicted octanol–water partition coefficient (Wildman–Crippen LogP) is 3.88. The van der Waals surface area contributed by atoms with E-state index < -0.39 is 0 Å². The fraction of sp³-hybridized carbons (Fsp3) is 0.400. The van der Waals surface area contributed by atoms with Gasteiger partial charge in [0.05, 0.1) is 12.8 Å². The molecule has 0 atom stereocenters. The van der Waals surface area contributed by atoms with Gasteiger partial charge in [-0.15, -0.1) is 0 Å². The molecule has 0 saturated carbocycles. The number of aryl methyl sites for hydroxylation is 2. The highest BCUT2D eigenvalue weighted by Crippen LogP contribution is 2.23. The van der Waals surface area contributed by atoms with Crippen molar-refractivity contribution < 1.29 is 9.13 Å². The second-order valence-electron chi connectivity index (χ2n) is 4.73. The zero-order valence-corrected chi connectivity index (χ0v) is 12.1. The highest BCUT2D eigenvalue weighted by atomic mass is 19.1. The van der Waals surface area contributed by atoms with Gasteiger partial charge in [0.15, 0.2) is 11.6 Å². The molecule has 0 bridgehead atoms. The Morgan fingerprint density at radius 1 is 1.40 bits per heavy atom. The van der Waals surface area contributed by atoms with Crippen LogP contribution in [0.2, 0.25) is 0 Å². The minimum Gasteiger partial charge on any atom is -0.494 e. The number of anilines is 2. The molecule has 0 aliphatic carbocycles. The number of nitrogens with zero attached hydrogens (tertiary/aromatic N) is 2. The van der Waals surface area contributed by atoms with Gasteiger partial charge < -0.3 is 14.6 Å². The number of hydrogen-bond acceptors (Lipinski definition) is 3. The molecule has 2 rings (SSSR count). The van der Waals surface area contributed by atoms with Gasteiger partial charge in [-0.3, -0.25) is 0 Å². The van der Waals surface area contributed by atoms with Gasteiger partial charge in [-0.2, -0.15) is 0 Å². The summed E-state index contributed by atoms with van der Waals surface area (Å²) in [6, 6.07) is 4.78. The van der Waals surface area contributed by atoms with Gasteiger partial charge in [-0.25, -0.2) is 9.37 Å². The number of nitrogens with one attached hydrogen (secondary N) is 1. The number of ether oxygens (including phenoxy) is 1. The van der Waals surface area contributed by atoms with E-state index in [1.54, 1.807) is 12.1 Å². The third-order valence-electron chi connectivity index (χ3n) is 3.06. The van der Waals surface area contributed by atoms with Crippen molar-refractivity contribution in [2.75, 3.05) is 12.4 Å². The first kappa shape index (κ1) is 14.4. The summed E-state index contributed by atoms with van der Waals surface area (Å²) in [6.45, 7) is 5.00. The smallest absolute Gasteiger partial charge is 0.207 e. The van der Waals surface area contributed by atoms with Crippen molar-refractivity contribution in [3.8, 4) is 5.75 Å². The first-order chi connectivity index (χ1) is 9.63. The van der Waals surface area contributed by atoms with Crippen molar-refractivity contribution in [2.24, 2.45) is 0 Å². The third-order valence-corrected chi connectivity index (χ3v) is 3.06. The van der Waals surface area contributed by atoms with Gasteiger partial charge in [0.1, 0.15) is 0 Å². The molecular formula is C15H20FN3O. The van der Waals surface area contributed by atoms with Crippen molar-refractivity contribution in [3.05, 3.63) is 35.9 Å². The van der Waals surface area contributed by atoms with Crippen molar-refractivity contribution in [1.29, 1.82) is 0 Å². The van der Waals surface area contributed by atoms with Crippen LogP contribution < -0.4 is 10.1 Å². The molecule has 0 radical (unpaired) electrons. The summed E-state index contributed by atoms with van der Waals surface area (Å²) in [6.07, 6.45) is 4.20. The van der Waals surface area contributed by atoms with E-state index in [0.717, 1.165) is 31.0 Å². The van der Waals surface area contributed by atoms with Crippen LogP contribution in [0.15, 0.2) is 24.4 Å². The lowest BCUT2D eigenvalue weighted by molar-refractivity contribution is 0.386. The van der Waals surface area contributed by atoms with E-state index in [1.807, 2.05) is 13.1 Å². The zero-order chi connectivity index (χ0) is 14.5. The largest absolute Gasteiger partial charge is 0.494 e. The lowest BCUT2D eigenvalue weighted by atomic mass is 10.3. The maximum atomic E-state index is 13.7. The van der Waals surface area contributed by atoms with E-state index in [9.17, 15) is 4.39 Å². The van der Waals surface area contributed by atoms with Crippen molar-refractivity contribution in [1.82, 2.24) is 9.55 Å². The molecule has 0 unspecified atom stereocenters. The Hall–Kier alpha value is -2.04. The number of benzene rings is 1. The Kier molecular flexibility index (Phi) is 4.61. The quantitative estimate of drug-likeness (QED) is 0.870. The van der Waals surface area contributed by atoms with Crippen LogP contribution in [0.3, 0.4) is 0 Å². The second-order valence-corrected chi connectivity index (χ2v) is 4.73. The fourth-order valence-electron chi connectivity index (χ4n) is 2.02. The summed E-state index contributed by atoms with van der Waals surface area (Å²) in [5, 5.41) is 3.15. The molecule has 5 heteroatoms.